The Hall–Kier alpha value is -5.14. The summed E-state index contributed by atoms with van der Waals surface area (Å²) in [7, 11) is 0. The molecule has 0 saturated heterocycles. The van der Waals surface area contributed by atoms with Crippen LogP contribution in [0.4, 0.5) is 5.69 Å². The molecule has 1 aromatic heterocycles. The summed E-state index contributed by atoms with van der Waals surface area (Å²) in [6.45, 7) is 7.60. The summed E-state index contributed by atoms with van der Waals surface area (Å²) < 4.78 is 0. The Morgan fingerprint density at radius 2 is 1.19 bits per heavy atom. The van der Waals surface area contributed by atoms with Gasteiger partial charge in [0, 0.05) is 22.1 Å². The lowest BCUT2D eigenvalue weighted by molar-refractivity contribution is 0.353. The fourth-order valence-electron chi connectivity index (χ4n) is 7.07. The van der Waals surface area contributed by atoms with Crippen LogP contribution in [0.25, 0.3) is 60.9 Å². The number of nitrogens with zero attached hydrogens (tertiary/aromatic N) is 4. The van der Waals surface area contributed by atoms with Crippen LogP contribution < -0.4 is 0 Å². The molecular formula is C38H28N4. The van der Waals surface area contributed by atoms with Gasteiger partial charge in [0.1, 0.15) is 0 Å². The lowest BCUT2D eigenvalue weighted by atomic mass is 9.67. The van der Waals surface area contributed by atoms with Gasteiger partial charge in [-0.25, -0.2) is 19.8 Å². The molecule has 0 unspecified atom stereocenters. The molecule has 8 rings (SSSR count). The summed E-state index contributed by atoms with van der Waals surface area (Å²) in [6, 6.07) is 37.9. The summed E-state index contributed by atoms with van der Waals surface area (Å²) in [6.07, 6.45) is 5.95. The van der Waals surface area contributed by atoms with Crippen LogP contribution in [0.2, 0.25) is 0 Å². The maximum Gasteiger partial charge on any atom is 0.187 e. The molecule has 1 saturated carbocycles. The van der Waals surface area contributed by atoms with Crippen molar-refractivity contribution in [3.63, 3.8) is 0 Å². The second-order valence-corrected chi connectivity index (χ2v) is 11.5. The normalized spacial score (nSPS) is 14.8. The molecule has 6 aromatic rings. The standard InChI is InChI=1S/C38H28N4/c1-39-30-17-19-33-32(24-30)31-18-16-29(23-34(31)38(33)20-8-3-9-21-38)37-41-35(26-11-4-2-5-12-26)40-36(42-37)28-15-14-25-10-6-7-13-27(25)22-28/h2,4-7,10-19,22-24H,3,8-9,20-21H2. The van der Waals surface area contributed by atoms with Crippen molar-refractivity contribution < 1.29 is 0 Å². The lowest BCUT2D eigenvalue weighted by Gasteiger charge is -2.36. The lowest BCUT2D eigenvalue weighted by Crippen LogP contribution is -2.28. The highest BCUT2D eigenvalue weighted by Crippen LogP contribution is 2.56. The van der Waals surface area contributed by atoms with E-state index in [-0.39, 0.29) is 5.41 Å². The Labute approximate surface area is 245 Å². The molecule has 4 heteroatoms. The Balaban J connectivity index is 1.32. The minimum absolute atomic E-state index is 0.0179. The summed E-state index contributed by atoms with van der Waals surface area (Å²) in [5.74, 6) is 2.02. The van der Waals surface area contributed by atoms with Crippen LogP contribution in [-0.4, -0.2) is 15.0 Å². The van der Waals surface area contributed by atoms with Crippen LogP contribution in [0.3, 0.4) is 0 Å². The Kier molecular flexibility index (Phi) is 5.72. The van der Waals surface area contributed by atoms with Gasteiger partial charge in [0.05, 0.1) is 6.57 Å². The zero-order valence-electron chi connectivity index (χ0n) is 23.2. The molecule has 0 bridgehead atoms. The van der Waals surface area contributed by atoms with Crippen LogP contribution in [-0.2, 0) is 5.41 Å². The van der Waals surface area contributed by atoms with Gasteiger partial charge in [-0.05, 0) is 64.1 Å². The third-order valence-corrected chi connectivity index (χ3v) is 9.11. The molecule has 1 heterocycles. The molecule has 0 radical (unpaired) electrons. The molecule has 200 valence electrons. The highest BCUT2D eigenvalue weighted by atomic mass is 15.0. The summed E-state index contributed by atoms with van der Waals surface area (Å²) >= 11 is 0. The molecule has 0 N–H and O–H groups in total. The van der Waals surface area contributed by atoms with Crippen LogP contribution in [0.5, 0.6) is 0 Å². The third kappa shape index (κ3) is 3.93. The fraction of sp³-hybridized carbons (Fsp3) is 0.158. The van der Waals surface area contributed by atoms with Crippen LogP contribution in [0.1, 0.15) is 43.2 Å². The first-order valence-corrected chi connectivity index (χ1v) is 14.7. The average Bonchev–Trinajstić information content (AvgIpc) is 3.32. The van der Waals surface area contributed by atoms with Gasteiger partial charge in [0.25, 0.3) is 0 Å². The van der Waals surface area contributed by atoms with Gasteiger partial charge in [-0.3, -0.25) is 0 Å². The monoisotopic (exact) mass is 540 g/mol. The zero-order valence-corrected chi connectivity index (χ0v) is 23.2. The van der Waals surface area contributed by atoms with Gasteiger partial charge in [-0.15, -0.1) is 0 Å². The van der Waals surface area contributed by atoms with E-state index in [4.69, 9.17) is 21.5 Å². The second kappa shape index (κ2) is 9.75. The molecule has 2 aliphatic carbocycles. The molecule has 2 aliphatic rings. The van der Waals surface area contributed by atoms with Crippen molar-refractivity contribution in [3.05, 3.63) is 132 Å². The highest BCUT2D eigenvalue weighted by Gasteiger charge is 2.43. The van der Waals surface area contributed by atoms with E-state index in [1.165, 1.54) is 46.9 Å². The number of hydrogen-bond acceptors (Lipinski definition) is 3. The summed E-state index contributed by atoms with van der Waals surface area (Å²) in [5, 5.41) is 2.35. The Bertz CT molecular complexity index is 2030. The maximum absolute atomic E-state index is 7.60. The van der Waals surface area contributed by atoms with Crippen molar-refractivity contribution >= 4 is 16.5 Å². The first-order chi connectivity index (χ1) is 20.7. The van der Waals surface area contributed by atoms with Gasteiger partial charge in [0.2, 0.25) is 0 Å². The summed E-state index contributed by atoms with van der Waals surface area (Å²) in [4.78, 5) is 18.8. The van der Waals surface area contributed by atoms with Gasteiger partial charge < -0.3 is 0 Å². The molecule has 42 heavy (non-hydrogen) atoms. The SMILES string of the molecule is [C-]#[N+]c1ccc2c(c1)-c1ccc(-c3nc(-c4ccccc4)nc(-c4ccc5ccccc5c4)n3)cc1C21CCCCC1. The van der Waals surface area contributed by atoms with Crippen molar-refractivity contribution in [2.24, 2.45) is 0 Å². The van der Waals surface area contributed by atoms with E-state index < -0.39 is 0 Å². The topological polar surface area (TPSA) is 43.0 Å². The van der Waals surface area contributed by atoms with Gasteiger partial charge in [-0.2, -0.15) is 0 Å². The van der Waals surface area contributed by atoms with Crippen molar-refractivity contribution in [1.29, 1.82) is 0 Å². The Morgan fingerprint density at radius 3 is 1.95 bits per heavy atom. The number of aromatic nitrogens is 3. The van der Waals surface area contributed by atoms with E-state index in [2.05, 4.69) is 89.8 Å². The molecule has 1 fully saturated rings. The van der Waals surface area contributed by atoms with Crippen LogP contribution in [0.15, 0.2) is 109 Å². The highest BCUT2D eigenvalue weighted by molar-refractivity contribution is 5.87. The molecule has 1 spiro atoms. The van der Waals surface area contributed by atoms with Gasteiger partial charge in [-0.1, -0.05) is 110 Å². The van der Waals surface area contributed by atoms with E-state index in [0.29, 0.717) is 23.2 Å². The van der Waals surface area contributed by atoms with Gasteiger partial charge in [0.15, 0.2) is 23.2 Å². The number of hydrogen-bond donors (Lipinski definition) is 0. The van der Waals surface area contributed by atoms with Crippen LogP contribution >= 0.6 is 0 Å². The third-order valence-electron chi connectivity index (χ3n) is 9.11. The fourth-order valence-corrected chi connectivity index (χ4v) is 7.07. The molecule has 4 nitrogen and oxygen atoms in total. The number of benzene rings is 5. The minimum Gasteiger partial charge on any atom is -0.238 e. The molecule has 0 amide bonds. The van der Waals surface area contributed by atoms with Gasteiger partial charge >= 0.3 is 0 Å². The molecule has 0 atom stereocenters. The van der Waals surface area contributed by atoms with Crippen molar-refractivity contribution in [3.8, 4) is 45.3 Å². The van der Waals surface area contributed by atoms with Crippen molar-refractivity contribution in [2.45, 2.75) is 37.5 Å². The minimum atomic E-state index is -0.0179. The number of fused-ring (bicyclic) bond motifs is 6. The van der Waals surface area contributed by atoms with E-state index in [0.717, 1.165) is 34.9 Å². The summed E-state index contributed by atoms with van der Waals surface area (Å²) in [5.41, 5.74) is 8.80. The van der Waals surface area contributed by atoms with E-state index in [9.17, 15) is 0 Å². The zero-order chi connectivity index (χ0) is 28.1. The van der Waals surface area contributed by atoms with Crippen LogP contribution in [0, 0.1) is 6.57 Å². The van der Waals surface area contributed by atoms with E-state index in [1.807, 2.05) is 24.3 Å². The van der Waals surface area contributed by atoms with Crippen molar-refractivity contribution in [2.75, 3.05) is 0 Å². The first-order valence-electron chi connectivity index (χ1n) is 14.7. The predicted octanol–water partition coefficient (Wildman–Crippen LogP) is 9.81. The second-order valence-electron chi connectivity index (χ2n) is 11.5. The first kappa shape index (κ1) is 24.6. The average molecular weight is 541 g/mol. The smallest absolute Gasteiger partial charge is 0.187 e. The largest absolute Gasteiger partial charge is 0.238 e. The maximum atomic E-state index is 7.60. The molecular weight excluding hydrogens is 512 g/mol. The number of rotatable bonds is 3. The van der Waals surface area contributed by atoms with Crippen molar-refractivity contribution in [1.82, 2.24) is 15.0 Å². The predicted molar refractivity (Wildman–Crippen MR) is 169 cm³/mol. The van der Waals surface area contributed by atoms with E-state index >= 15 is 0 Å². The molecule has 5 aromatic carbocycles. The molecule has 0 aliphatic heterocycles. The Morgan fingerprint density at radius 1 is 0.524 bits per heavy atom. The van der Waals surface area contributed by atoms with E-state index in [1.54, 1.807) is 0 Å². The quantitative estimate of drug-likeness (QED) is 0.210.